The normalized spacial score (nSPS) is 22.8. The minimum Gasteiger partial charge on any atom is -0.351 e. The fourth-order valence-electron chi connectivity index (χ4n) is 2.55. The van der Waals surface area contributed by atoms with Gasteiger partial charge in [-0.15, -0.1) is 0 Å². The van der Waals surface area contributed by atoms with Crippen molar-refractivity contribution in [3.63, 3.8) is 0 Å². The zero-order chi connectivity index (χ0) is 15.2. The number of Topliss-reactive ketones (excluding diaryl/α,β-unsaturated/α-hetero) is 1. The lowest BCUT2D eigenvalue weighted by Gasteiger charge is -2.13. The molecule has 20 heavy (non-hydrogen) atoms. The Hall–Kier alpha value is -1.91. The fourth-order valence-corrected chi connectivity index (χ4v) is 2.55. The second-order valence-electron chi connectivity index (χ2n) is 5.61. The van der Waals surface area contributed by atoms with Crippen LogP contribution in [0.4, 0.5) is 0 Å². The van der Waals surface area contributed by atoms with Gasteiger partial charge in [-0.3, -0.25) is 19.3 Å². The number of aromatic nitrogens is 1. The molecule has 2 heterocycles. The summed E-state index contributed by atoms with van der Waals surface area (Å²) in [6.45, 7) is 7.08. The van der Waals surface area contributed by atoms with Crippen molar-refractivity contribution in [1.29, 1.82) is 0 Å². The number of likely N-dealkylation sites (tertiary alicyclic amines) is 1. The molecule has 0 radical (unpaired) electrons. The molecule has 5 heteroatoms. The summed E-state index contributed by atoms with van der Waals surface area (Å²) in [6.07, 6.45) is 0. The zero-order valence-corrected chi connectivity index (χ0v) is 12.6. The number of hydrogen-bond donors (Lipinski definition) is 0. The van der Waals surface area contributed by atoms with E-state index >= 15 is 0 Å². The molecular formula is C15H20N2O3. The molecule has 1 aliphatic heterocycles. The van der Waals surface area contributed by atoms with Gasteiger partial charge >= 0.3 is 0 Å². The molecule has 0 aromatic carbocycles. The zero-order valence-electron chi connectivity index (χ0n) is 12.6. The van der Waals surface area contributed by atoms with E-state index in [1.54, 1.807) is 19.9 Å². The Balaban J connectivity index is 2.22. The summed E-state index contributed by atoms with van der Waals surface area (Å²) >= 11 is 0. The molecule has 1 aromatic heterocycles. The van der Waals surface area contributed by atoms with E-state index in [0.717, 1.165) is 16.3 Å². The van der Waals surface area contributed by atoms with Crippen molar-refractivity contribution in [3.8, 4) is 0 Å². The smallest absolute Gasteiger partial charge is 0.233 e. The molecule has 0 spiro atoms. The SMILES string of the molecule is Cc1cc(C(=O)CN2C(=O)C(C)C(C)C2=O)c(C)n1C. The maximum absolute atomic E-state index is 12.3. The van der Waals surface area contributed by atoms with Gasteiger partial charge in [-0.1, -0.05) is 13.8 Å². The lowest BCUT2D eigenvalue weighted by Crippen LogP contribution is -2.35. The summed E-state index contributed by atoms with van der Waals surface area (Å²) in [5.41, 5.74) is 2.41. The number of carbonyl (C=O) groups excluding carboxylic acids is 3. The third-order valence-electron chi connectivity index (χ3n) is 4.44. The van der Waals surface area contributed by atoms with Crippen LogP contribution in [0.5, 0.6) is 0 Å². The molecule has 0 saturated carbocycles. The van der Waals surface area contributed by atoms with Gasteiger partial charge in [0.1, 0.15) is 0 Å². The number of imide groups is 1. The molecule has 0 N–H and O–H groups in total. The van der Waals surface area contributed by atoms with E-state index < -0.39 is 0 Å². The average Bonchev–Trinajstić information content (AvgIpc) is 2.77. The molecule has 1 fully saturated rings. The highest BCUT2D eigenvalue weighted by molar-refractivity contribution is 6.09. The van der Waals surface area contributed by atoms with Gasteiger partial charge in [-0.2, -0.15) is 0 Å². The predicted molar refractivity (Wildman–Crippen MR) is 74.3 cm³/mol. The number of nitrogens with zero attached hydrogens (tertiary/aromatic N) is 2. The van der Waals surface area contributed by atoms with Crippen LogP contribution in [0.25, 0.3) is 0 Å². The quantitative estimate of drug-likeness (QED) is 0.620. The summed E-state index contributed by atoms with van der Waals surface area (Å²) < 4.78 is 1.92. The van der Waals surface area contributed by atoms with Gasteiger partial charge in [-0.25, -0.2) is 0 Å². The Kier molecular flexibility index (Phi) is 3.54. The highest BCUT2D eigenvalue weighted by Crippen LogP contribution is 2.26. The van der Waals surface area contributed by atoms with E-state index in [1.807, 2.05) is 25.5 Å². The first-order chi connectivity index (χ1) is 9.25. The summed E-state index contributed by atoms with van der Waals surface area (Å²) in [5.74, 6) is -1.36. The van der Waals surface area contributed by atoms with Gasteiger partial charge in [0.15, 0.2) is 5.78 Å². The van der Waals surface area contributed by atoms with Gasteiger partial charge in [0.25, 0.3) is 0 Å². The van der Waals surface area contributed by atoms with Crippen LogP contribution in [0.1, 0.15) is 35.6 Å². The molecule has 5 nitrogen and oxygen atoms in total. The highest BCUT2D eigenvalue weighted by atomic mass is 16.2. The first-order valence-electron chi connectivity index (χ1n) is 6.77. The third kappa shape index (κ3) is 2.07. The Morgan fingerprint density at radius 1 is 1.15 bits per heavy atom. The Bertz CT molecular complexity index is 581. The third-order valence-corrected chi connectivity index (χ3v) is 4.44. The van der Waals surface area contributed by atoms with E-state index in [2.05, 4.69) is 0 Å². The lowest BCUT2D eigenvalue weighted by molar-refractivity contribution is -0.139. The van der Waals surface area contributed by atoms with Gasteiger partial charge in [0, 0.05) is 35.8 Å². The first kappa shape index (κ1) is 14.5. The average molecular weight is 276 g/mol. The highest BCUT2D eigenvalue weighted by Gasteiger charge is 2.43. The molecule has 0 aliphatic carbocycles. The first-order valence-corrected chi connectivity index (χ1v) is 6.77. The molecule has 108 valence electrons. The standard InChI is InChI=1S/C15H20N2O3/c1-8-6-12(11(4)16(8)5)13(18)7-17-14(19)9(2)10(3)15(17)20/h6,9-10H,7H2,1-5H3. The van der Waals surface area contributed by atoms with Crippen LogP contribution in [-0.2, 0) is 16.6 Å². The molecule has 2 unspecified atom stereocenters. The van der Waals surface area contributed by atoms with E-state index in [0.29, 0.717) is 5.56 Å². The Labute approximate surface area is 118 Å². The van der Waals surface area contributed by atoms with Gasteiger partial charge in [0.2, 0.25) is 11.8 Å². The number of ketones is 1. The van der Waals surface area contributed by atoms with Crippen molar-refractivity contribution in [3.05, 3.63) is 23.0 Å². The topological polar surface area (TPSA) is 59.4 Å². The monoisotopic (exact) mass is 276 g/mol. The minimum atomic E-state index is -0.339. The number of rotatable bonds is 3. The van der Waals surface area contributed by atoms with E-state index in [1.165, 1.54) is 0 Å². The summed E-state index contributed by atoms with van der Waals surface area (Å²) in [7, 11) is 1.89. The molecule has 2 atom stereocenters. The van der Waals surface area contributed by atoms with Crippen LogP contribution in [0.3, 0.4) is 0 Å². The van der Waals surface area contributed by atoms with Crippen molar-refractivity contribution >= 4 is 17.6 Å². The largest absolute Gasteiger partial charge is 0.351 e. The summed E-state index contributed by atoms with van der Waals surface area (Å²) in [6, 6.07) is 1.80. The Morgan fingerprint density at radius 3 is 2.05 bits per heavy atom. The number of carbonyl (C=O) groups is 3. The molecule has 2 amide bonds. The van der Waals surface area contributed by atoms with Crippen molar-refractivity contribution < 1.29 is 14.4 Å². The second kappa shape index (κ2) is 4.89. The number of aryl methyl sites for hydroxylation is 1. The van der Waals surface area contributed by atoms with Gasteiger partial charge in [0.05, 0.1) is 6.54 Å². The van der Waals surface area contributed by atoms with E-state index in [-0.39, 0.29) is 36.0 Å². The maximum atomic E-state index is 12.3. The molecular weight excluding hydrogens is 256 g/mol. The van der Waals surface area contributed by atoms with Crippen molar-refractivity contribution in [2.24, 2.45) is 18.9 Å². The molecule has 1 aliphatic rings. The van der Waals surface area contributed by atoms with Crippen molar-refractivity contribution in [2.45, 2.75) is 27.7 Å². The van der Waals surface area contributed by atoms with Crippen LogP contribution in [0.2, 0.25) is 0 Å². The molecule has 0 bridgehead atoms. The minimum absolute atomic E-state index is 0.156. The van der Waals surface area contributed by atoms with Crippen LogP contribution < -0.4 is 0 Å². The summed E-state index contributed by atoms with van der Waals surface area (Å²) in [5, 5.41) is 0. The lowest BCUT2D eigenvalue weighted by atomic mass is 10.00. The second-order valence-corrected chi connectivity index (χ2v) is 5.61. The van der Waals surface area contributed by atoms with Crippen LogP contribution in [-0.4, -0.2) is 33.6 Å². The van der Waals surface area contributed by atoms with Crippen molar-refractivity contribution in [1.82, 2.24) is 9.47 Å². The molecule has 2 rings (SSSR count). The predicted octanol–water partition coefficient (Wildman–Crippen LogP) is 1.47. The van der Waals surface area contributed by atoms with Gasteiger partial charge < -0.3 is 4.57 Å². The maximum Gasteiger partial charge on any atom is 0.233 e. The summed E-state index contributed by atoms with van der Waals surface area (Å²) in [4.78, 5) is 37.4. The fraction of sp³-hybridized carbons (Fsp3) is 0.533. The van der Waals surface area contributed by atoms with E-state index in [9.17, 15) is 14.4 Å². The molecule has 1 saturated heterocycles. The van der Waals surface area contributed by atoms with Crippen LogP contribution in [0.15, 0.2) is 6.07 Å². The number of amides is 2. The van der Waals surface area contributed by atoms with Crippen LogP contribution >= 0.6 is 0 Å². The van der Waals surface area contributed by atoms with Gasteiger partial charge in [-0.05, 0) is 19.9 Å². The van der Waals surface area contributed by atoms with E-state index in [4.69, 9.17) is 0 Å². The van der Waals surface area contributed by atoms with Crippen molar-refractivity contribution in [2.75, 3.05) is 6.54 Å². The number of hydrogen-bond acceptors (Lipinski definition) is 3. The Morgan fingerprint density at radius 2 is 1.65 bits per heavy atom. The molecule has 1 aromatic rings. The van der Waals surface area contributed by atoms with Crippen LogP contribution in [0, 0.1) is 25.7 Å².